The van der Waals surface area contributed by atoms with Crippen LogP contribution in [-0.4, -0.2) is 13.4 Å². The molecule has 8 heteroatoms. The van der Waals surface area contributed by atoms with Crippen molar-refractivity contribution in [3.05, 3.63) is 82.3 Å². The lowest BCUT2D eigenvalue weighted by atomic mass is 10.0. The summed E-state index contributed by atoms with van der Waals surface area (Å²) in [5.74, 6) is 0. The highest BCUT2D eigenvalue weighted by molar-refractivity contribution is 7.89. The van der Waals surface area contributed by atoms with Crippen LogP contribution >= 0.6 is 34.5 Å². The van der Waals surface area contributed by atoms with Gasteiger partial charge >= 0.3 is 0 Å². The maximum atomic E-state index is 11.6. The molecule has 4 aromatic rings. The number of thiazole rings is 1. The van der Waals surface area contributed by atoms with Gasteiger partial charge in [0, 0.05) is 16.1 Å². The molecule has 0 unspecified atom stereocenters. The number of nitrogens with zero attached hydrogens (tertiary/aromatic N) is 1. The number of benzene rings is 3. The standard InChI is InChI=1S/C22H16Cl2N2O2S2/c1-13-12-15(8-11-18(13)23)20-21(14-6-9-16(10-7-14)30(25,27)28)29-22(26-20)17-4-2-3-5-19(17)24/h2-12H,1H3,(H2,25,27,28). The van der Waals surface area contributed by atoms with E-state index in [0.717, 1.165) is 37.8 Å². The van der Waals surface area contributed by atoms with Crippen LogP contribution in [0.4, 0.5) is 0 Å². The van der Waals surface area contributed by atoms with E-state index < -0.39 is 10.0 Å². The minimum Gasteiger partial charge on any atom is -0.235 e. The first-order valence-corrected chi connectivity index (χ1v) is 12.0. The first-order chi connectivity index (χ1) is 14.2. The van der Waals surface area contributed by atoms with Crippen molar-refractivity contribution in [3.8, 4) is 32.3 Å². The van der Waals surface area contributed by atoms with Gasteiger partial charge in [-0.3, -0.25) is 0 Å². The lowest BCUT2D eigenvalue weighted by Crippen LogP contribution is -2.11. The summed E-state index contributed by atoms with van der Waals surface area (Å²) in [6, 6.07) is 19.7. The van der Waals surface area contributed by atoms with Crippen molar-refractivity contribution >= 4 is 44.6 Å². The molecule has 0 atom stereocenters. The highest BCUT2D eigenvalue weighted by atomic mass is 35.5. The molecular formula is C22H16Cl2N2O2S2. The smallest absolute Gasteiger partial charge is 0.235 e. The van der Waals surface area contributed by atoms with Crippen LogP contribution in [0.5, 0.6) is 0 Å². The van der Waals surface area contributed by atoms with Gasteiger partial charge in [0.05, 0.1) is 20.5 Å². The van der Waals surface area contributed by atoms with E-state index in [0.29, 0.717) is 10.0 Å². The predicted octanol–water partition coefficient (Wildman–Crippen LogP) is 6.41. The molecule has 0 amide bonds. The van der Waals surface area contributed by atoms with Gasteiger partial charge in [0.25, 0.3) is 0 Å². The van der Waals surface area contributed by atoms with E-state index in [2.05, 4.69) is 0 Å². The zero-order chi connectivity index (χ0) is 21.5. The van der Waals surface area contributed by atoms with Crippen LogP contribution < -0.4 is 5.14 Å². The SMILES string of the molecule is Cc1cc(-c2nc(-c3ccccc3Cl)sc2-c2ccc(S(N)(=O)=O)cc2)ccc1Cl. The number of rotatable bonds is 4. The summed E-state index contributed by atoms with van der Waals surface area (Å²) in [6.45, 7) is 1.94. The molecule has 4 nitrogen and oxygen atoms in total. The van der Waals surface area contributed by atoms with E-state index in [4.69, 9.17) is 33.3 Å². The van der Waals surface area contributed by atoms with E-state index in [9.17, 15) is 8.42 Å². The van der Waals surface area contributed by atoms with Crippen molar-refractivity contribution in [1.82, 2.24) is 4.98 Å². The summed E-state index contributed by atoms with van der Waals surface area (Å²) in [7, 11) is -3.76. The van der Waals surface area contributed by atoms with Gasteiger partial charge in [-0.05, 0) is 48.4 Å². The number of halogens is 2. The van der Waals surface area contributed by atoms with E-state index in [-0.39, 0.29) is 4.90 Å². The van der Waals surface area contributed by atoms with Gasteiger partial charge in [0.2, 0.25) is 10.0 Å². The van der Waals surface area contributed by atoms with Gasteiger partial charge in [-0.15, -0.1) is 11.3 Å². The molecule has 3 aromatic carbocycles. The average Bonchev–Trinajstić information content (AvgIpc) is 3.15. The monoisotopic (exact) mass is 474 g/mol. The molecule has 1 heterocycles. The van der Waals surface area contributed by atoms with E-state index >= 15 is 0 Å². The Bertz CT molecular complexity index is 1350. The first-order valence-electron chi connectivity index (χ1n) is 8.89. The van der Waals surface area contributed by atoms with Crippen molar-refractivity contribution in [2.75, 3.05) is 0 Å². The van der Waals surface area contributed by atoms with Gasteiger partial charge in [-0.2, -0.15) is 0 Å². The molecule has 0 bridgehead atoms. The second kappa shape index (κ2) is 8.13. The molecular weight excluding hydrogens is 459 g/mol. The summed E-state index contributed by atoms with van der Waals surface area (Å²) >= 11 is 14.1. The first kappa shape index (κ1) is 21.0. The second-order valence-electron chi connectivity index (χ2n) is 6.71. The maximum Gasteiger partial charge on any atom is 0.238 e. The summed E-state index contributed by atoms with van der Waals surface area (Å²) in [4.78, 5) is 5.83. The number of hydrogen-bond acceptors (Lipinski definition) is 4. The third-order valence-electron chi connectivity index (χ3n) is 4.61. The molecule has 1 aromatic heterocycles. The van der Waals surface area contributed by atoms with Crippen molar-refractivity contribution in [3.63, 3.8) is 0 Å². The Labute approximate surface area is 189 Å². The highest BCUT2D eigenvalue weighted by Gasteiger charge is 2.18. The van der Waals surface area contributed by atoms with Gasteiger partial charge in [-0.1, -0.05) is 59.6 Å². The molecule has 0 saturated carbocycles. The Morgan fingerprint density at radius 1 is 0.900 bits per heavy atom. The molecule has 0 saturated heterocycles. The minimum absolute atomic E-state index is 0.0611. The van der Waals surface area contributed by atoms with Gasteiger partial charge in [0.1, 0.15) is 5.01 Å². The fourth-order valence-corrected chi connectivity index (χ4v) is 5.10. The topological polar surface area (TPSA) is 73.0 Å². The number of hydrogen-bond donors (Lipinski definition) is 1. The number of aryl methyl sites for hydroxylation is 1. The van der Waals surface area contributed by atoms with Crippen LogP contribution in [-0.2, 0) is 10.0 Å². The van der Waals surface area contributed by atoms with Crippen LogP contribution in [0.2, 0.25) is 10.0 Å². The highest BCUT2D eigenvalue weighted by Crippen LogP contribution is 2.42. The number of aromatic nitrogens is 1. The molecule has 30 heavy (non-hydrogen) atoms. The van der Waals surface area contributed by atoms with E-state index in [1.54, 1.807) is 12.1 Å². The molecule has 0 spiro atoms. The largest absolute Gasteiger partial charge is 0.238 e. The number of nitrogens with two attached hydrogens (primary N) is 1. The lowest BCUT2D eigenvalue weighted by Gasteiger charge is -2.06. The van der Waals surface area contributed by atoms with Gasteiger partial charge < -0.3 is 0 Å². The minimum atomic E-state index is -3.76. The molecule has 152 valence electrons. The van der Waals surface area contributed by atoms with Gasteiger partial charge in [0.15, 0.2) is 0 Å². The second-order valence-corrected chi connectivity index (χ2v) is 10.1. The van der Waals surface area contributed by atoms with Crippen molar-refractivity contribution in [2.24, 2.45) is 5.14 Å². The summed E-state index contributed by atoms with van der Waals surface area (Å²) in [5, 5.41) is 7.29. The summed E-state index contributed by atoms with van der Waals surface area (Å²) in [5.41, 5.74) is 4.30. The predicted molar refractivity (Wildman–Crippen MR) is 125 cm³/mol. The van der Waals surface area contributed by atoms with Crippen LogP contribution in [0.25, 0.3) is 32.3 Å². The van der Waals surface area contributed by atoms with Crippen LogP contribution in [0, 0.1) is 6.92 Å². The molecule has 0 fully saturated rings. The van der Waals surface area contributed by atoms with Crippen LogP contribution in [0.3, 0.4) is 0 Å². The Morgan fingerprint density at radius 2 is 1.57 bits per heavy atom. The summed E-state index contributed by atoms with van der Waals surface area (Å²) in [6.07, 6.45) is 0. The maximum absolute atomic E-state index is 11.6. The molecule has 2 N–H and O–H groups in total. The summed E-state index contributed by atoms with van der Waals surface area (Å²) < 4.78 is 23.2. The Kier molecular flexibility index (Phi) is 5.70. The third kappa shape index (κ3) is 4.15. The average molecular weight is 475 g/mol. The lowest BCUT2D eigenvalue weighted by molar-refractivity contribution is 0.598. The quantitative estimate of drug-likeness (QED) is 0.371. The van der Waals surface area contributed by atoms with E-state index in [1.165, 1.54) is 23.5 Å². The zero-order valence-electron chi connectivity index (χ0n) is 15.8. The van der Waals surface area contributed by atoms with Crippen molar-refractivity contribution in [1.29, 1.82) is 0 Å². The zero-order valence-corrected chi connectivity index (χ0v) is 18.9. The fourth-order valence-electron chi connectivity index (χ4n) is 3.05. The molecule has 0 radical (unpaired) electrons. The Morgan fingerprint density at radius 3 is 2.20 bits per heavy atom. The molecule has 0 aliphatic carbocycles. The van der Waals surface area contributed by atoms with Crippen molar-refractivity contribution < 1.29 is 8.42 Å². The van der Waals surface area contributed by atoms with Gasteiger partial charge in [-0.25, -0.2) is 18.5 Å². The van der Waals surface area contributed by atoms with Crippen molar-refractivity contribution in [2.45, 2.75) is 11.8 Å². The van der Waals surface area contributed by atoms with E-state index in [1.807, 2.05) is 49.4 Å². The third-order valence-corrected chi connectivity index (χ3v) is 7.43. The van der Waals surface area contributed by atoms with Crippen LogP contribution in [0.1, 0.15) is 5.56 Å². The number of primary sulfonamides is 1. The molecule has 0 aliphatic heterocycles. The van der Waals surface area contributed by atoms with Crippen LogP contribution in [0.15, 0.2) is 71.6 Å². The Balaban J connectivity index is 1.92. The number of sulfonamides is 1. The normalized spacial score (nSPS) is 11.6. The Hall–Kier alpha value is -2.22. The molecule has 4 rings (SSSR count). The molecule has 0 aliphatic rings. The fraction of sp³-hybridized carbons (Fsp3) is 0.0455.